The Balaban J connectivity index is 2.84. The van der Waals surface area contributed by atoms with Crippen LogP contribution in [0.15, 0.2) is 16.5 Å². The number of thiophene rings is 1. The Morgan fingerprint density at radius 3 is 2.42 bits per heavy atom. The molecule has 6 heteroatoms. The highest BCUT2D eigenvalue weighted by Crippen LogP contribution is 2.25. The van der Waals surface area contributed by atoms with Gasteiger partial charge in [0.1, 0.15) is 5.00 Å². The molecule has 1 aromatic rings. The van der Waals surface area contributed by atoms with E-state index in [0.29, 0.717) is 10.6 Å². The number of hydrazone groups is 1. The lowest BCUT2D eigenvalue weighted by Crippen LogP contribution is -2.28. The summed E-state index contributed by atoms with van der Waals surface area (Å²) in [6.45, 7) is 9.04. The van der Waals surface area contributed by atoms with Crippen LogP contribution in [0, 0.1) is 5.41 Å². The number of anilines is 1. The fourth-order valence-electron chi connectivity index (χ4n) is 1.10. The van der Waals surface area contributed by atoms with Crippen molar-refractivity contribution in [2.45, 2.75) is 34.6 Å². The van der Waals surface area contributed by atoms with E-state index in [0.717, 1.165) is 5.71 Å². The van der Waals surface area contributed by atoms with Crippen molar-refractivity contribution in [2.75, 3.05) is 5.32 Å². The Labute approximate surface area is 117 Å². The first-order chi connectivity index (χ1) is 8.71. The molecule has 5 nitrogen and oxygen atoms in total. The average molecular weight is 281 g/mol. The van der Waals surface area contributed by atoms with Gasteiger partial charge in [-0.3, -0.25) is 9.59 Å². The van der Waals surface area contributed by atoms with E-state index in [9.17, 15) is 9.59 Å². The van der Waals surface area contributed by atoms with E-state index >= 15 is 0 Å². The SMILES string of the molecule is CC(C)=NNC(=O)c1ccsc1NC(=O)C(C)(C)C. The number of hydrogen-bond donors (Lipinski definition) is 2. The van der Waals surface area contributed by atoms with E-state index in [1.165, 1.54) is 11.3 Å². The topological polar surface area (TPSA) is 70.6 Å². The standard InChI is InChI=1S/C13H19N3O2S/c1-8(2)15-16-10(17)9-6-7-19-11(9)14-12(18)13(3,4)5/h6-7H,1-5H3,(H,14,18)(H,16,17). The summed E-state index contributed by atoms with van der Waals surface area (Å²) in [4.78, 5) is 23.8. The molecular formula is C13H19N3O2S. The van der Waals surface area contributed by atoms with Gasteiger partial charge in [0.2, 0.25) is 5.91 Å². The largest absolute Gasteiger partial charge is 0.317 e. The van der Waals surface area contributed by atoms with E-state index in [1.807, 2.05) is 20.8 Å². The van der Waals surface area contributed by atoms with Crippen LogP contribution >= 0.6 is 11.3 Å². The molecule has 0 saturated heterocycles. The van der Waals surface area contributed by atoms with Gasteiger partial charge in [0.15, 0.2) is 0 Å². The highest BCUT2D eigenvalue weighted by atomic mass is 32.1. The zero-order valence-electron chi connectivity index (χ0n) is 11.8. The summed E-state index contributed by atoms with van der Waals surface area (Å²) in [6, 6.07) is 1.67. The van der Waals surface area contributed by atoms with Gasteiger partial charge < -0.3 is 5.32 Å². The zero-order valence-corrected chi connectivity index (χ0v) is 12.6. The van der Waals surface area contributed by atoms with Crippen LogP contribution in [-0.2, 0) is 4.79 Å². The molecule has 1 rings (SSSR count). The van der Waals surface area contributed by atoms with E-state index in [4.69, 9.17) is 0 Å². The van der Waals surface area contributed by atoms with Crippen molar-refractivity contribution >= 4 is 33.9 Å². The number of rotatable bonds is 3. The average Bonchev–Trinajstić information content (AvgIpc) is 2.72. The third kappa shape index (κ3) is 4.48. The Kier molecular flexibility index (Phi) is 4.83. The van der Waals surface area contributed by atoms with Gasteiger partial charge in [-0.05, 0) is 25.3 Å². The fourth-order valence-corrected chi connectivity index (χ4v) is 1.88. The lowest BCUT2D eigenvalue weighted by molar-refractivity contribution is -0.123. The molecule has 0 radical (unpaired) electrons. The monoisotopic (exact) mass is 281 g/mol. The molecule has 0 fully saturated rings. The molecule has 0 bridgehead atoms. The minimum atomic E-state index is -0.504. The summed E-state index contributed by atoms with van der Waals surface area (Å²) in [5.74, 6) is -0.453. The lowest BCUT2D eigenvalue weighted by Gasteiger charge is -2.17. The van der Waals surface area contributed by atoms with Crippen molar-refractivity contribution in [3.05, 3.63) is 17.0 Å². The minimum Gasteiger partial charge on any atom is -0.317 e. The number of amides is 2. The summed E-state index contributed by atoms with van der Waals surface area (Å²) in [6.07, 6.45) is 0. The van der Waals surface area contributed by atoms with Crippen LogP contribution in [0.1, 0.15) is 45.0 Å². The summed E-state index contributed by atoms with van der Waals surface area (Å²) in [5.41, 5.74) is 3.11. The molecule has 2 amide bonds. The van der Waals surface area contributed by atoms with Gasteiger partial charge >= 0.3 is 0 Å². The summed E-state index contributed by atoms with van der Waals surface area (Å²) in [7, 11) is 0. The predicted molar refractivity (Wildman–Crippen MR) is 78.7 cm³/mol. The fraction of sp³-hybridized carbons (Fsp3) is 0.462. The van der Waals surface area contributed by atoms with Gasteiger partial charge in [0, 0.05) is 11.1 Å². The van der Waals surface area contributed by atoms with E-state index in [-0.39, 0.29) is 11.8 Å². The molecule has 0 spiro atoms. The van der Waals surface area contributed by atoms with Gasteiger partial charge in [-0.1, -0.05) is 20.8 Å². The second-order valence-corrected chi connectivity index (χ2v) is 6.28. The van der Waals surface area contributed by atoms with Gasteiger partial charge in [-0.15, -0.1) is 11.3 Å². The quantitative estimate of drug-likeness (QED) is 0.660. The maximum absolute atomic E-state index is 11.9. The van der Waals surface area contributed by atoms with Crippen LogP contribution in [0.25, 0.3) is 0 Å². The molecule has 104 valence electrons. The number of carbonyl (C=O) groups excluding carboxylic acids is 2. The van der Waals surface area contributed by atoms with Crippen LogP contribution < -0.4 is 10.7 Å². The van der Waals surface area contributed by atoms with Crippen molar-refractivity contribution in [1.82, 2.24) is 5.43 Å². The molecule has 2 N–H and O–H groups in total. The van der Waals surface area contributed by atoms with Crippen LogP contribution in [0.4, 0.5) is 5.00 Å². The molecule has 0 aromatic carbocycles. The van der Waals surface area contributed by atoms with Gasteiger partial charge in [0.05, 0.1) is 5.56 Å². The van der Waals surface area contributed by atoms with Crippen LogP contribution in [0.2, 0.25) is 0 Å². The molecule has 0 unspecified atom stereocenters. The molecule has 0 saturated carbocycles. The van der Waals surface area contributed by atoms with Crippen molar-refractivity contribution in [3.8, 4) is 0 Å². The first-order valence-electron chi connectivity index (χ1n) is 5.92. The predicted octanol–water partition coefficient (Wildman–Crippen LogP) is 2.86. The zero-order chi connectivity index (χ0) is 14.6. The maximum Gasteiger partial charge on any atom is 0.274 e. The molecule has 0 aliphatic rings. The Hall–Kier alpha value is -1.69. The van der Waals surface area contributed by atoms with Crippen LogP contribution in [-0.4, -0.2) is 17.5 Å². The third-order valence-electron chi connectivity index (χ3n) is 2.20. The first-order valence-corrected chi connectivity index (χ1v) is 6.80. The van der Waals surface area contributed by atoms with Gasteiger partial charge in [-0.2, -0.15) is 5.10 Å². The summed E-state index contributed by atoms with van der Waals surface area (Å²) >= 11 is 1.32. The molecular weight excluding hydrogens is 262 g/mol. The molecule has 19 heavy (non-hydrogen) atoms. The normalized spacial score (nSPS) is 10.8. The number of nitrogens with zero attached hydrogens (tertiary/aromatic N) is 1. The number of hydrogen-bond acceptors (Lipinski definition) is 4. The maximum atomic E-state index is 11.9. The third-order valence-corrected chi connectivity index (χ3v) is 3.03. The summed E-state index contributed by atoms with van der Waals surface area (Å²) < 4.78 is 0. The highest BCUT2D eigenvalue weighted by molar-refractivity contribution is 7.14. The molecule has 1 heterocycles. The van der Waals surface area contributed by atoms with Crippen molar-refractivity contribution in [1.29, 1.82) is 0 Å². The number of nitrogens with one attached hydrogen (secondary N) is 2. The molecule has 0 aliphatic heterocycles. The second kappa shape index (κ2) is 5.97. The minimum absolute atomic E-state index is 0.126. The second-order valence-electron chi connectivity index (χ2n) is 5.37. The van der Waals surface area contributed by atoms with Crippen LogP contribution in [0.5, 0.6) is 0 Å². The first kappa shape index (κ1) is 15.4. The lowest BCUT2D eigenvalue weighted by atomic mass is 9.96. The van der Waals surface area contributed by atoms with Gasteiger partial charge in [0.25, 0.3) is 5.91 Å². The van der Waals surface area contributed by atoms with Crippen molar-refractivity contribution in [3.63, 3.8) is 0 Å². The van der Waals surface area contributed by atoms with Crippen molar-refractivity contribution < 1.29 is 9.59 Å². The van der Waals surface area contributed by atoms with Gasteiger partial charge in [-0.25, -0.2) is 5.43 Å². The van der Waals surface area contributed by atoms with Crippen LogP contribution in [0.3, 0.4) is 0 Å². The van der Waals surface area contributed by atoms with Crippen molar-refractivity contribution in [2.24, 2.45) is 10.5 Å². The van der Waals surface area contributed by atoms with E-state index in [1.54, 1.807) is 25.3 Å². The Morgan fingerprint density at radius 1 is 1.26 bits per heavy atom. The molecule has 0 aliphatic carbocycles. The summed E-state index contributed by atoms with van der Waals surface area (Å²) in [5, 5.41) is 8.93. The highest BCUT2D eigenvalue weighted by Gasteiger charge is 2.23. The molecule has 1 aromatic heterocycles. The van der Waals surface area contributed by atoms with E-state index in [2.05, 4.69) is 15.8 Å². The smallest absolute Gasteiger partial charge is 0.274 e. The van der Waals surface area contributed by atoms with E-state index < -0.39 is 5.41 Å². The number of carbonyl (C=O) groups is 2. The molecule has 0 atom stereocenters. The Bertz CT molecular complexity index is 508. The Morgan fingerprint density at radius 2 is 1.89 bits per heavy atom.